The molecule has 3 amide bonds. The number of imide groups is 1. The van der Waals surface area contributed by atoms with Crippen molar-refractivity contribution < 1.29 is 9.59 Å². The Morgan fingerprint density at radius 1 is 1.37 bits per heavy atom. The minimum atomic E-state index is -0.797. The third-order valence-electron chi connectivity index (χ3n) is 3.37. The molecular formula is C13H16BrN3O2. The first kappa shape index (κ1) is 13.9. The van der Waals surface area contributed by atoms with Crippen LogP contribution in [0.25, 0.3) is 0 Å². The highest BCUT2D eigenvalue weighted by atomic mass is 79.9. The van der Waals surface area contributed by atoms with Gasteiger partial charge in [-0.05, 0) is 37.1 Å². The van der Waals surface area contributed by atoms with Crippen LogP contribution in [0.5, 0.6) is 0 Å². The van der Waals surface area contributed by atoms with Crippen molar-refractivity contribution in [2.45, 2.75) is 32.4 Å². The van der Waals surface area contributed by atoms with Gasteiger partial charge in [0.25, 0.3) is 5.91 Å². The SMILES string of the molecule is CCC1(C)NC(=O)N(Cc2cc(N)cc(Br)c2)C1=O. The number of nitrogens with one attached hydrogen (secondary N) is 1. The molecule has 0 aromatic heterocycles. The van der Waals surface area contributed by atoms with Crippen LogP contribution in [0.15, 0.2) is 22.7 Å². The van der Waals surface area contributed by atoms with Crippen molar-refractivity contribution in [3.05, 3.63) is 28.2 Å². The largest absolute Gasteiger partial charge is 0.399 e. The minimum absolute atomic E-state index is 0.196. The molecule has 1 saturated heterocycles. The van der Waals surface area contributed by atoms with Crippen LogP contribution in [-0.4, -0.2) is 22.4 Å². The van der Waals surface area contributed by atoms with Gasteiger partial charge in [0.15, 0.2) is 0 Å². The number of carbonyl (C=O) groups is 2. The number of urea groups is 1. The molecule has 3 N–H and O–H groups in total. The zero-order chi connectivity index (χ0) is 14.2. The highest BCUT2D eigenvalue weighted by molar-refractivity contribution is 9.10. The second-order valence-corrected chi connectivity index (χ2v) is 5.82. The Labute approximate surface area is 120 Å². The van der Waals surface area contributed by atoms with E-state index in [-0.39, 0.29) is 18.5 Å². The van der Waals surface area contributed by atoms with E-state index in [4.69, 9.17) is 5.73 Å². The zero-order valence-corrected chi connectivity index (χ0v) is 12.5. The van der Waals surface area contributed by atoms with Gasteiger partial charge in [-0.2, -0.15) is 0 Å². The number of halogens is 1. The summed E-state index contributed by atoms with van der Waals surface area (Å²) in [5.41, 5.74) is 6.36. The highest BCUT2D eigenvalue weighted by Gasteiger charge is 2.46. The van der Waals surface area contributed by atoms with E-state index < -0.39 is 5.54 Å². The van der Waals surface area contributed by atoms with E-state index in [0.717, 1.165) is 10.0 Å². The van der Waals surface area contributed by atoms with Crippen molar-refractivity contribution in [1.29, 1.82) is 0 Å². The number of benzene rings is 1. The number of amides is 3. The summed E-state index contributed by atoms with van der Waals surface area (Å²) in [5.74, 6) is -0.196. The number of nitrogen functional groups attached to an aromatic ring is 1. The summed E-state index contributed by atoms with van der Waals surface area (Å²) in [6.07, 6.45) is 0.564. The van der Waals surface area contributed by atoms with Crippen molar-refractivity contribution in [2.24, 2.45) is 0 Å². The van der Waals surface area contributed by atoms with Crippen LogP contribution < -0.4 is 11.1 Å². The summed E-state index contributed by atoms with van der Waals surface area (Å²) in [5, 5.41) is 2.72. The number of nitrogens with two attached hydrogens (primary N) is 1. The molecule has 1 aromatic carbocycles. The second kappa shape index (κ2) is 4.85. The first-order valence-electron chi connectivity index (χ1n) is 6.05. The molecule has 0 bridgehead atoms. The molecule has 1 fully saturated rings. The summed E-state index contributed by atoms with van der Waals surface area (Å²) in [6.45, 7) is 3.84. The monoisotopic (exact) mass is 325 g/mol. The van der Waals surface area contributed by atoms with Gasteiger partial charge in [-0.3, -0.25) is 9.69 Å². The molecule has 1 heterocycles. The van der Waals surface area contributed by atoms with Gasteiger partial charge >= 0.3 is 6.03 Å². The lowest BCUT2D eigenvalue weighted by Crippen LogP contribution is -2.43. The number of carbonyl (C=O) groups excluding carboxylic acids is 2. The van der Waals surface area contributed by atoms with Gasteiger partial charge in [0.2, 0.25) is 0 Å². The molecule has 1 aromatic rings. The molecule has 1 atom stereocenters. The quantitative estimate of drug-likeness (QED) is 0.661. The molecular weight excluding hydrogens is 310 g/mol. The van der Waals surface area contributed by atoms with Crippen LogP contribution in [0.3, 0.4) is 0 Å². The highest BCUT2D eigenvalue weighted by Crippen LogP contribution is 2.24. The van der Waals surface area contributed by atoms with E-state index in [2.05, 4.69) is 21.2 Å². The summed E-state index contributed by atoms with van der Waals surface area (Å²) >= 11 is 3.34. The van der Waals surface area contributed by atoms with E-state index >= 15 is 0 Å². The maximum Gasteiger partial charge on any atom is 0.325 e. The fourth-order valence-corrected chi connectivity index (χ4v) is 2.64. The van der Waals surface area contributed by atoms with E-state index in [1.54, 1.807) is 19.1 Å². The summed E-state index contributed by atoms with van der Waals surface area (Å²) in [7, 11) is 0. The Morgan fingerprint density at radius 2 is 2.05 bits per heavy atom. The molecule has 6 heteroatoms. The van der Waals surface area contributed by atoms with E-state index in [1.165, 1.54) is 4.90 Å². The maximum absolute atomic E-state index is 12.2. The molecule has 0 saturated carbocycles. The van der Waals surface area contributed by atoms with E-state index in [9.17, 15) is 9.59 Å². The molecule has 19 heavy (non-hydrogen) atoms. The van der Waals surface area contributed by atoms with Crippen molar-refractivity contribution in [3.63, 3.8) is 0 Å². The maximum atomic E-state index is 12.2. The Balaban J connectivity index is 2.24. The number of anilines is 1. The van der Waals surface area contributed by atoms with Crippen LogP contribution in [0.4, 0.5) is 10.5 Å². The molecule has 2 rings (SSSR count). The Morgan fingerprint density at radius 3 is 2.58 bits per heavy atom. The van der Waals surface area contributed by atoms with Gasteiger partial charge in [0.05, 0.1) is 6.54 Å². The van der Waals surface area contributed by atoms with E-state index in [0.29, 0.717) is 12.1 Å². The lowest BCUT2D eigenvalue weighted by molar-refractivity contribution is -0.131. The molecule has 102 valence electrons. The number of hydrogen-bond donors (Lipinski definition) is 2. The Bertz CT molecular complexity index is 526. The van der Waals surface area contributed by atoms with Gasteiger partial charge in [-0.1, -0.05) is 22.9 Å². The summed E-state index contributed by atoms with van der Waals surface area (Å²) in [4.78, 5) is 25.4. The van der Waals surface area contributed by atoms with Crippen LogP contribution in [-0.2, 0) is 11.3 Å². The van der Waals surface area contributed by atoms with Crippen LogP contribution in [0.1, 0.15) is 25.8 Å². The molecule has 1 aliphatic rings. The molecule has 1 unspecified atom stereocenters. The average Bonchev–Trinajstić information content (AvgIpc) is 2.53. The van der Waals surface area contributed by atoms with Gasteiger partial charge in [0.1, 0.15) is 5.54 Å². The second-order valence-electron chi connectivity index (χ2n) is 4.90. The van der Waals surface area contributed by atoms with Crippen LogP contribution >= 0.6 is 15.9 Å². The fraction of sp³-hybridized carbons (Fsp3) is 0.385. The van der Waals surface area contributed by atoms with Gasteiger partial charge in [-0.15, -0.1) is 0 Å². The number of hydrogen-bond acceptors (Lipinski definition) is 3. The van der Waals surface area contributed by atoms with Crippen LogP contribution in [0.2, 0.25) is 0 Å². The topological polar surface area (TPSA) is 75.4 Å². The fourth-order valence-electron chi connectivity index (χ4n) is 2.08. The lowest BCUT2D eigenvalue weighted by Gasteiger charge is -2.19. The normalized spacial score (nSPS) is 22.8. The first-order chi connectivity index (χ1) is 8.85. The smallest absolute Gasteiger partial charge is 0.325 e. The predicted octanol–water partition coefficient (Wildman–Crippen LogP) is 2.25. The standard InChI is InChI=1S/C13H16BrN3O2/c1-3-13(2)11(18)17(12(19)16-13)7-8-4-9(14)6-10(15)5-8/h4-6H,3,7,15H2,1-2H3,(H,16,19). The van der Waals surface area contributed by atoms with Crippen molar-refractivity contribution in [3.8, 4) is 0 Å². The van der Waals surface area contributed by atoms with Crippen molar-refractivity contribution in [2.75, 3.05) is 5.73 Å². The average molecular weight is 326 g/mol. The van der Waals surface area contributed by atoms with Gasteiger partial charge < -0.3 is 11.1 Å². The third-order valence-corrected chi connectivity index (χ3v) is 3.83. The number of rotatable bonds is 3. The van der Waals surface area contributed by atoms with Crippen molar-refractivity contribution >= 4 is 33.6 Å². The molecule has 0 spiro atoms. The minimum Gasteiger partial charge on any atom is -0.399 e. The Kier molecular flexibility index (Phi) is 3.54. The van der Waals surface area contributed by atoms with E-state index in [1.807, 2.05) is 13.0 Å². The molecule has 0 aliphatic carbocycles. The van der Waals surface area contributed by atoms with Crippen molar-refractivity contribution in [1.82, 2.24) is 10.2 Å². The predicted molar refractivity (Wildman–Crippen MR) is 76.3 cm³/mol. The number of nitrogens with zero attached hydrogens (tertiary/aromatic N) is 1. The Hall–Kier alpha value is -1.56. The molecule has 5 nitrogen and oxygen atoms in total. The van der Waals surface area contributed by atoms with Gasteiger partial charge in [-0.25, -0.2) is 4.79 Å². The lowest BCUT2D eigenvalue weighted by atomic mass is 9.99. The molecule has 1 aliphatic heterocycles. The third kappa shape index (κ3) is 2.58. The summed E-state index contributed by atoms with van der Waals surface area (Å²) in [6, 6.07) is 5.02. The first-order valence-corrected chi connectivity index (χ1v) is 6.84. The van der Waals surface area contributed by atoms with Crippen LogP contribution in [0, 0.1) is 0 Å². The van der Waals surface area contributed by atoms with Gasteiger partial charge in [0, 0.05) is 10.2 Å². The molecule has 0 radical (unpaired) electrons. The zero-order valence-electron chi connectivity index (χ0n) is 10.9. The summed E-state index contributed by atoms with van der Waals surface area (Å²) < 4.78 is 0.827.